The SMILES string of the molecule is CC1(C)CC(NC(=O)c2ccc(N=[N+]=[N-])nc2)CCO1. The van der Waals surface area contributed by atoms with E-state index in [4.69, 9.17) is 10.3 Å². The lowest BCUT2D eigenvalue weighted by atomic mass is 9.94. The van der Waals surface area contributed by atoms with Gasteiger partial charge in [-0.3, -0.25) is 9.78 Å². The van der Waals surface area contributed by atoms with Crippen LogP contribution < -0.4 is 5.32 Å². The van der Waals surface area contributed by atoms with Crippen LogP contribution in [-0.4, -0.2) is 29.1 Å². The van der Waals surface area contributed by atoms with Crippen LogP contribution in [-0.2, 0) is 4.74 Å². The maximum absolute atomic E-state index is 12.1. The maximum Gasteiger partial charge on any atom is 0.253 e. The monoisotopic (exact) mass is 275 g/mol. The van der Waals surface area contributed by atoms with Crippen LogP contribution in [0.25, 0.3) is 10.4 Å². The normalized spacial score (nSPS) is 20.8. The summed E-state index contributed by atoms with van der Waals surface area (Å²) in [6.07, 6.45) is 2.99. The van der Waals surface area contributed by atoms with Crippen LogP contribution in [0.1, 0.15) is 37.0 Å². The number of ether oxygens (including phenoxy) is 1. The van der Waals surface area contributed by atoms with Crippen molar-refractivity contribution in [2.24, 2.45) is 5.11 Å². The Bertz CT molecular complexity index is 534. The lowest BCUT2D eigenvalue weighted by molar-refractivity contribution is -0.0615. The Kier molecular flexibility index (Phi) is 4.22. The number of azide groups is 1. The highest BCUT2D eigenvalue weighted by molar-refractivity contribution is 5.94. The average molecular weight is 275 g/mol. The van der Waals surface area contributed by atoms with Crippen LogP contribution in [0.15, 0.2) is 23.4 Å². The van der Waals surface area contributed by atoms with E-state index in [1.807, 2.05) is 13.8 Å². The predicted octanol–water partition coefficient (Wildman–Crippen LogP) is 2.71. The third-order valence-electron chi connectivity index (χ3n) is 3.19. The van der Waals surface area contributed by atoms with Crippen molar-refractivity contribution in [2.75, 3.05) is 6.61 Å². The van der Waals surface area contributed by atoms with Gasteiger partial charge in [0.25, 0.3) is 5.91 Å². The summed E-state index contributed by atoms with van der Waals surface area (Å²) in [6, 6.07) is 3.21. The Labute approximate surface area is 117 Å². The van der Waals surface area contributed by atoms with Gasteiger partial charge in [0.05, 0.1) is 11.2 Å². The van der Waals surface area contributed by atoms with Gasteiger partial charge in [-0.15, -0.1) is 0 Å². The molecule has 0 aromatic carbocycles. The highest BCUT2D eigenvalue weighted by Crippen LogP contribution is 2.24. The molecular formula is C13H17N5O2. The Morgan fingerprint density at radius 1 is 1.60 bits per heavy atom. The van der Waals surface area contributed by atoms with Gasteiger partial charge in [-0.05, 0) is 49.5 Å². The molecule has 1 aromatic rings. The topological polar surface area (TPSA) is 100.0 Å². The highest BCUT2D eigenvalue weighted by atomic mass is 16.5. The molecule has 1 aromatic heterocycles. The van der Waals surface area contributed by atoms with Gasteiger partial charge in [0.2, 0.25) is 0 Å². The number of nitrogens with zero attached hydrogens (tertiary/aromatic N) is 4. The maximum atomic E-state index is 12.1. The van der Waals surface area contributed by atoms with Gasteiger partial charge in [0.15, 0.2) is 0 Å². The van der Waals surface area contributed by atoms with Crippen LogP contribution in [0.2, 0.25) is 0 Å². The van der Waals surface area contributed by atoms with Crippen LogP contribution in [0.3, 0.4) is 0 Å². The first-order valence-corrected chi connectivity index (χ1v) is 6.46. The molecule has 1 aliphatic heterocycles. The summed E-state index contributed by atoms with van der Waals surface area (Å²) < 4.78 is 5.62. The zero-order valence-corrected chi connectivity index (χ0v) is 11.5. The van der Waals surface area contributed by atoms with E-state index in [1.165, 1.54) is 12.3 Å². The number of amides is 1. The van der Waals surface area contributed by atoms with Gasteiger partial charge < -0.3 is 10.1 Å². The van der Waals surface area contributed by atoms with E-state index in [1.54, 1.807) is 6.07 Å². The number of pyridine rings is 1. The molecule has 7 nitrogen and oxygen atoms in total. The number of nitrogens with one attached hydrogen (secondary N) is 1. The van der Waals surface area contributed by atoms with Crippen molar-refractivity contribution >= 4 is 11.7 Å². The van der Waals surface area contributed by atoms with Gasteiger partial charge in [0.1, 0.15) is 5.82 Å². The summed E-state index contributed by atoms with van der Waals surface area (Å²) in [5.41, 5.74) is 8.53. The zero-order chi connectivity index (χ0) is 14.6. The molecule has 0 spiro atoms. The lowest BCUT2D eigenvalue weighted by Crippen LogP contribution is -2.45. The molecule has 7 heteroatoms. The second kappa shape index (κ2) is 5.90. The highest BCUT2D eigenvalue weighted by Gasteiger charge is 2.29. The standard InChI is InChI=1S/C13H17N5O2/c1-13(2)7-10(5-6-20-13)16-12(19)9-3-4-11(15-8-9)17-18-14/h3-4,8,10H,5-7H2,1-2H3,(H,16,19). The summed E-state index contributed by atoms with van der Waals surface area (Å²) in [7, 11) is 0. The number of hydrogen-bond acceptors (Lipinski definition) is 4. The lowest BCUT2D eigenvalue weighted by Gasteiger charge is -2.35. The largest absolute Gasteiger partial charge is 0.375 e. The molecule has 0 bridgehead atoms. The van der Waals surface area contributed by atoms with E-state index in [9.17, 15) is 4.79 Å². The fourth-order valence-corrected chi connectivity index (χ4v) is 2.25. The molecule has 2 rings (SSSR count). The second-order valence-corrected chi connectivity index (χ2v) is 5.37. The molecule has 0 saturated carbocycles. The van der Waals surface area contributed by atoms with Crippen molar-refractivity contribution in [2.45, 2.75) is 38.3 Å². The number of hydrogen-bond donors (Lipinski definition) is 1. The van der Waals surface area contributed by atoms with E-state index in [0.29, 0.717) is 12.2 Å². The second-order valence-electron chi connectivity index (χ2n) is 5.37. The van der Waals surface area contributed by atoms with Gasteiger partial charge in [-0.1, -0.05) is 0 Å². The third kappa shape index (κ3) is 3.69. The van der Waals surface area contributed by atoms with Crippen molar-refractivity contribution in [1.29, 1.82) is 0 Å². The number of rotatable bonds is 3. The van der Waals surface area contributed by atoms with Crippen molar-refractivity contribution in [3.8, 4) is 0 Å². The van der Waals surface area contributed by atoms with Gasteiger partial charge in [-0.2, -0.15) is 0 Å². The molecule has 1 atom stereocenters. The smallest absolute Gasteiger partial charge is 0.253 e. The molecule has 1 amide bonds. The van der Waals surface area contributed by atoms with Crippen LogP contribution in [0.4, 0.5) is 5.82 Å². The summed E-state index contributed by atoms with van der Waals surface area (Å²) in [5, 5.41) is 6.34. The third-order valence-corrected chi connectivity index (χ3v) is 3.19. The van der Waals surface area contributed by atoms with E-state index in [-0.39, 0.29) is 23.4 Å². The first-order chi connectivity index (χ1) is 9.50. The molecule has 0 aliphatic carbocycles. The summed E-state index contributed by atoms with van der Waals surface area (Å²) in [6.45, 7) is 4.68. The van der Waals surface area contributed by atoms with Gasteiger partial charge in [-0.25, -0.2) is 0 Å². The van der Waals surface area contributed by atoms with Gasteiger partial charge in [0, 0.05) is 23.8 Å². The van der Waals surface area contributed by atoms with E-state index in [2.05, 4.69) is 20.3 Å². The predicted molar refractivity (Wildman–Crippen MR) is 73.6 cm³/mol. The van der Waals surface area contributed by atoms with Crippen molar-refractivity contribution in [1.82, 2.24) is 10.3 Å². The van der Waals surface area contributed by atoms with Gasteiger partial charge >= 0.3 is 0 Å². The summed E-state index contributed by atoms with van der Waals surface area (Å²) in [5.74, 6) is 0.0731. The molecule has 1 fully saturated rings. The fraction of sp³-hybridized carbons (Fsp3) is 0.538. The van der Waals surface area contributed by atoms with Crippen LogP contribution >= 0.6 is 0 Å². The van der Waals surface area contributed by atoms with E-state index < -0.39 is 0 Å². The molecule has 106 valence electrons. The molecule has 1 N–H and O–H groups in total. The van der Waals surface area contributed by atoms with Crippen molar-refractivity contribution < 1.29 is 9.53 Å². The minimum absolute atomic E-state index is 0.100. The molecule has 2 heterocycles. The Hall–Kier alpha value is -2.11. The Morgan fingerprint density at radius 3 is 3.00 bits per heavy atom. The number of carbonyl (C=O) groups excluding carboxylic acids is 1. The first kappa shape index (κ1) is 14.3. The van der Waals surface area contributed by atoms with Crippen LogP contribution in [0.5, 0.6) is 0 Å². The minimum atomic E-state index is -0.209. The molecule has 1 saturated heterocycles. The van der Waals surface area contributed by atoms with Crippen molar-refractivity contribution in [3.05, 3.63) is 34.3 Å². The first-order valence-electron chi connectivity index (χ1n) is 6.46. The number of aromatic nitrogens is 1. The molecular weight excluding hydrogens is 258 g/mol. The quantitative estimate of drug-likeness (QED) is 0.521. The zero-order valence-electron chi connectivity index (χ0n) is 11.5. The Balaban J connectivity index is 1.99. The minimum Gasteiger partial charge on any atom is -0.375 e. The van der Waals surface area contributed by atoms with E-state index >= 15 is 0 Å². The van der Waals surface area contributed by atoms with Crippen LogP contribution in [0, 0.1) is 0 Å². The molecule has 1 aliphatic rings. The summed E-state index contributed by atoms with van der Waals surface area (Å²) in [4.78, 5) is 18.6. The molecule has 1 unspecified atom stereocenters. The molecule has 0 radical (unpaired) electrons. The summed E-state index contributed by atoms with van der Waals surface area (Å²) >= 11 is 0. The average Bonchev–Trinajstić information content (AvgIpc) is 2.38. The Morgan fingerprint density at radius 2 is 2.40 bits per heavy atom. The number of carbonyl (C=O) groups is 1. The fourth-order valence-electron chi connectivity index (χ4n) is 2.25. The molecule has 20 heavy (non-hydrogen) atoms. The van der Waals surface area contributed by atoms with E-state index in [0.717, 1.165) is 12.8 Å². The van der Waals surface area contributed by atoms with Crippen molar-refractivity contribution in [3.63, 3.8) is 0 Å².